The van der Waals surface area contributed by atoms with Gasteiger partial charge in [0, 0.05) is 11.5 Å². The van der Waals surface area contributed by atoms with Crippen molar-refractivity contribution in [3.8, 4) is 5.88 Å². The van der Waals surface area contributed by atoms with Crippen molar-refractivity contribution in [3.63, 3.8) is 0 Å². The van der Waals surface area contributed by atoms with Crippen molar-refractivity contribution in [1.82, 2.24) is 4.98 Å². The molecule has 0 aliphatic rings. The lowest BCUT2D eigenvalue weighted by atomic mass is 10.2. The molecule has 0 radical (unpaired) electrons. The Labute approximate surface area is 86.5 Å². The first kappa shape index (κ1) is 9.09. The first-order valence-corrected chi connectivity index (χ1v) is 4.49. The van der Waals surface area contributed by atoms with Gasteiger partial charge in [0.05, 0.1) is 23.3 Å². The summed E-state index contributed by atoms with van der Waals surface area (Å²) in [4.78, 5) is 4.22. The van der Waals surface area contributed by atoms with Crippen molar-refractivity contribution >= 4 is 28.2 Å². The third-order valence-corrected chi connectivity index (χ3v) is 2.35. The summed E-state index contributed by atoms with van der Waals surface area (Å²) in [6.07, 6.45) is 0. The van der Waals surface area contributed by atoms with Crippen LogP contribution in [0, 0.1) is 0 Å². The predicted molar refractivity (Wildman–Crippen MR) is 57.7 cm³/mol. The van der Waals surface area contributed by atoms with Crippen LogP contribution in [-0.2, 0) is 0 Å². The van der Waals surface area contributed by atoms with E-state index in [1.165, 1.54) is 0 Å². The minimum atomic E-state index is 0.534. The highest BCUT2D eigenvalue weighted by Crippen LogP contribution is 2.28. The Balaban J connectivity index is 2.80. The van der Waals surface area contributed by atoms with Crippen LogP contribution in [0.4, 0.5) is 5.69 Å². The molecule has 2 N–H and O–H groups in total. The number of nitrogen functional groups attached to an aromatic ring is 1. The maximum Gasteiger partial charge on any atom is 0.213 e. The van der Waals surface area contributed by atoms with Crippen LogP contribution in [0.25, 0.3) is 10.9 Å². The Morgan fingerprint density at radius 1 is 1.29 bits per heavy atom. The van der Waals surface area contributed by atoms with Gasteiger partial charge < -0.3 is 10.5 Å². The third kappa shape index (κ3) is 1.36. The van der Waals surface area contributed by atoms with Gasteiger partial charge in [-0.3, -0.25) is 0 Å². The van der Waals surface area contributed by atoms with Crippen molar-refractivity contribution in [2.75, 3.05) is 12.8 Å². The lowest BCUT2D eigenvalue weighted by Gasteiger charge is -2.05. The van der Waals surface area contributed by atoms with Gasteiger partial charge in [0.15, 0.2) is 0 Å². The fourth-order valence-corrected chi connectivity index (χ4v) is 1.51. The van der Waals surface area contributed by atoms with Crippen LogP contribution in [0.15, 0.2) is 24.3 Å². The van der Waals surface area contributed by atoms with Crippen LogP contribution in [0.1, 0.15) is 0 Å². The molecule has 0 saturated heterocycles. The van der Waals surface area contributed by atoms with Gasteiger partial charge in [-0.1, -0.05) is 11.6 Å². The number of methoxy groups -OCH3 is 1. The molecule has 1 heterocycles. The first-order chi connectivity index (χ1) is 6.72. The van der Waals surface area contributed by atoms with E-state index in [0.29, 0.717) is 22.1 Å². The minimum absolute atomic E-state index is 0.534. The molecule has 4 heteroatoms. The molecule has 0 amide bonds. The van der Waals surface area contributed by atoms with E-state index in [-0.39, 0.29) is 0 Å². The van der Waals surface area contributed by atoms with Crippen molar-refractivity contribution < 1.29 is 4.74 Å². The normalized spacial score (nSPS) is 10.4. The summed E-state index contributed by atoms with van der Waals surface area (Å²) in [6.45, 7) is 0. The van der Waals surface area contributed by atoms with Gasteiger partial charge in [0.25, 0.3) is 0 Å². The Hall–Kier alpha value is -1.48. The number of nitrogens with zero attached hydrogens (tertiary/aromatic N) is 1. The lowest BCUT2D eigenvalue weighted by molar-refractivity contribution is 0.399. The molecule has 0 bridgehead atoms. The summed E-state index contributed by atoms with van der Waals surface area (Å²) in [5.41, 5.74) is 7.05. The number of rotatable bonds is 1. The highest BCUT2D eigenvalue weighted by molar-refractivity contribution is 6.35. The Morgan fingerprint density at radius 3 is 2.79 bits per heavy atom. The van der Waals surface area contributed by atoms with E-state index in [2.05, 4.69) is 4.98 Å². The number of hydrogen-bond donors (Lipinski definition) is 1. The number of ether oxygens (including phenoxy) is 1. The quantitative estimate of drug-likeness (QED) is 0.733. The molecule has 14 heavy (non-hydrogen) atoms. The topological polar surface area (TPSA) is 48.1 Å². The average molecular weight is 209 g/mol. The van der Waals surface area contributed by atoms with Crippen LogP contribution in [0.3, 0.4) is 0 Å². The molecule has 0 aliphatic heterocycles. The Morgan fingerprint density at radius 2 is 2.07 bits per heavy atom. The van der Waals surface area contributed by atoms with Gasteiger partial charge in [-0.2, -0.15) is 0 Å². The highest BCUT2D eigenvalue weighted by Gasteiger charge is 2.04. The SMILES string of the molecule is COc1ccc2c(Cl)ccc(N)c2n1. The number of nitrogens with two attached hydrogens (primary N) is 1. The molecule has 2 rings (SSSR count). The molecule has 1 aromatic carbocycles. The molecular weight excluding hydrogens is 200 g/mol. The molecule has 0 atom stereocenters. The number of fused-ring (bicyclic) bond motifs is 1. The summed E-state index contributed by atoms with van der Waals surface area (Å²) in [7, 11) is 1.56. The van der Waals surface area contributed by atoms with Crippen LogP contribution in [-0.4, -0.2) is 12.1 Å². The number of benzene rings is 1. The third-order valence-electron chi connectivity index (χ3n) is 2.02. The van der Waals surface area contributed by atoms with Crippen LogP contribution in [0.5, 0.6) is 5.88 Å². The highest BCUT2D eigenvalue weighted by atomic mass is 35.5. The van der Waals surface area contributed by atoms with Gasteiger partial charge in [-0.25, -0.2) is 4.98 Å². The molecule has 0 unspecified atom stereocenters. The van der Waals surface area contributed by atoms with Gasteiger partial charge in [0.2, 0.25) is 5.88 Å². The fourth-order valence-electron chi connectivity index (χ4n) is 1.30. The zero-order valence-electron chi connectivity index (χ0n) is 7.62. The maximum atomic E-state index is 5.99. The molecule has 3 nitrogen and oxygen atoms in total. The van der Waals surface area contributed by atoms with Crippen molar-refractivity contribution in [1.29, 1.82) is 0 Å². The average Bonchev–Trinajstić information content (AvgIpc) is 2.23. The van der Waals surface area contributed by atoms with Crippen LogP contribution >= 0.6 is 11.6 Å². The molecular formula is C10H9ClN2O. The number of pyridine rings is 1. The molecule has 0 saturated carbocycles. The number of anilines is 1. The Kier molecular flexibility index (Phi) is 2.17. The van der Waals surface area contributed by atoms with E-state index >= 15 is 0 Å². The number of aromatic nitrogens is 1. The van der Waals surface area contributed by atoms with Gasteiger partial charge in [-0.05, 0) is 18.2 Å². The summed E-state index contributed by atoms with van der Waals surface area (Å²) in [6, 6.07) is 7.10. The molecule has 0 aliphatic carbocycles. The second kappa shape index (κ2) is 3.35. The minimum Gasteiger partial charge on any atom is -0.481 e. The summed E-state index contributed by atoms with van der Waals surface area (Å²) >= 11 is 5.99. The van der Waals surface area contributed by atoms with E-state index in [1.54, 1.807) is 25.3 Å². The van der Waals surface area contributed by atoms with Crippen LogP contribution < -0.4 is 10.5 Å². The van der Waals surface area contributed by atoms with E-state index in [4.69, 9.17) is 22.1 Å². The van der Waals surface area contributed by atoms with E-state index < -0.39 is 0 Å². The lowest BCUT2D eigenvalue weighted by Crippen LogP contribution is -1.92. The number of halogens is 1. The monoisotopic (exact) mass is 208 g/mol. The smallest absolute Gasteiger partial charge is 0.213 e. The first-order valence-electron chi connectivity index (χ1n) is 4.11. The molecule has 72 valence electrons. The summed E-state index contributed by atoms with van der Waals surface area (Å²) in [5.74, 6) is 0.534. The standard InChI is InChI=1S/C10H9ClN2O/c1-14-9-5-2-6-7(11)3-4-8(12)10(6)13-9/h2-5H,12H2,1H3. The van der Waals surface area contributed by atoms with Crippen molar-refractivity contribution in [2.45, 2.75) is 0 Å². The second-order valence-electron chi connectivity index (χ2n) is 2.89. The van der Waals surface area contributed by atoms with E-state index in [1.807, 2.05) is 6.07 Å². The largest absolute Gasteiger partial charge is 0.481 e. The van der Waals surface area contributed by atoms with Gasteiger partial charge in [-0.15, -0.1) is 0 Å². The van der Waals surface area contributed by atoms with E-state index in [9.17, 15) is 0 Å². The molecule has 1 aromatic heterocycles. The zero-order valence-corrected chi connectivity index (χ0v) is 8.38. The maximum absolute atomic E-state index is 5.99. The van der Waals surface area contributed by atoms with Gasteiger partial charge >= 0.3 is 0 Å². The molecule has 0 fully saturated rings. The van der Waals surface area contributed by atoms with E-state index in [0.717, 1.165) is 5.39 Å². The zero-order chi connectivity index (χ0) is 10.1. The van der Waals surface area contributed by atoms with Crippen LogP contribution in [0.2, 0.25) is 5.02 Å². The fraction of sp³-hybridized carbons (Fsp3) is 0.100. The molecule has 2 aromatic rings. The van der Waals surface area contributed by atoms with Crippen molar-refractivity contribution in [3.05, 3.63) is 29.3 Å². The summed E-state index contributed by atoms with van der Waals surface area (Å²) < 4.78 is 5.01. The van der Waals surface area contributed by atoms with Crippen molar-refractivity contribution in [2.24, 2.45) is 0 Å². The predicted octanol–water partition coefficient (Wildman–Crippen LogP) is 2.48. The summed E-state index contributed by atoms with van der Waals surface area (Å²) in [5, 5.41) is 1.48. The molecule has 0 spiro atoms. The Bertz CT molecular complexity index is 485. The second-order valence-corrected chi connectivity index (χ2v) is 3.29. The van der Waals surface area contributed by atoms with Gasteiger partial charge in [0.1, 0.15) is 0 Å². The number of hydrogen-bond acceptors (Lipinski definition) is 3.